The molecule has 0 radical (unpaired) electrons. The van der Waals surface area contributed by atoms with Crippen LogP contribution in [0.5, 0.6) is 17.2 Å². The van der Waals surface area contributed by atoms with Gasteiger partial charge in [-0.3, -0.25) is 4.90 Å². The van der Waals surface area contributed by atoms with Crippen molar-refractivity contribution in [3.63, 3.8) is 0 Å². The molecule has 2 aliphatic heterocycles. The van der Waals surface area contributed by atoms with Gasteiger partial charge in [0.1, 0.15) is 11.6 Å². The molecule has 4 nitrogen and oxygen atoms in total. The van der Waals surface area contributed by atoms with Gasteiger partial charge in [0.15, 0.2) is 11.5 Å². The Labute approximate surface area is 171 Å². The third kappa shape index (κ3) is 4.59. The van der Waals surface area contributed by atoms with Crippen molar-refractivity contribution in [2.45, 2.75) is 12.3 Å². The van der Waals surface area contributed by atoms with Gasteiger partial charge in [0.25, 0.3) is 0 Å². The number of fused-ring (bicyclic) bond motifs is 1. The third-order valence-corrected chi connectivity index (χ3v) is 5.31. The first-order valence-electron chi connectivity index (χ1n) is 9.34. The summed E-state index contributed by atoms with van der Waals surface area (Å²) in [6, 6.07) is 12.5. The van der Waals surface area contributed by atoms with E-state index in [1.807, 2.05) is 36.4 Å². The molecule has 2 atom stereocenters. The van der Waals surface area contributed by atoms with E-state index in [2.05, 4.69) is 11.5 Å². The number of halogens is 2. The summed E-state index contributed by atoms with van der Waals surface area (Å²) in [6.07, 6.45) is 2.96. The zero-order valence-electron chi connectivity index (χ0n) is 15.7. The standard InChI is InChI=1S/C22H24FNO3.ClH/c1-2-10-24-11-9-20(16-3-5-18(23)6-4-16)17(13-24)14-25-19-7-8-21-22(12-19)27-15-26-21;/h2-8,12,17,20H,1,9-11,13-15H2;1H/t17-,20-;/m0./s1. The highest BCUT2D eigenvalue weighted by atomic mass is 35.5. The van der Waals surface area contributed by atoms with Crippen molar-refractivity contribution < 1.29 is 18.6 Å². The van der Waals surface area contributed by atoms with Gasteiger partial charge in [-0.05, 0) is 48.7 Å². The normalized spacial score (nSPS) is 21.0. The molecule has 1 saturated heterocycles. The summed E-state index contributed by atoms with van der Waals surface area (Å²) in [4.78, 5) is 2.39. The molecular formula is C22H25ClFNO3. The summed E-state index contributed by atoms with van der Waals surface area (Å²) < 4.78 is 30.2. The molecule has 0 bridgehead atoms. The van der Waals surface area contributed by atoms with E-state index >= 15 is 0 Å². The largest absolute Gasteiger partial charge is 0.493 e. The van der Waals surface area contributed by atoms with Gasteiger partial charge in [-0.2, -0.15) is 0 Å². The van der Waals surface area contributed by atoms with Gasteiger partial charge in [-0.1, -0.05) is 18.2 Å². The number of benzene rings is 2. The second-order valence-corrected chi connectivity index (χ2v) is 7.08. The van der Waals surface area contributed by atoms with E-state index in [9.17, 15) is 4.39 Å². The van der Waals surface area contributed by atoms with Crippen molar-refractivity contribution >= 4 is 12.4 Å². The molecule has 28 heavy (non-hydrogen) atoms. The molecule has 1 fully saturated rings. The first-order valence-corrected chi connectivity index (χ1v) is 9.34. The monoisotopic (exact) mass is 405 g/mol. The number of piperidine rings is 1. The zero-order chi connectivity index (χ0) is 18.6. The Morgan fingerprint density at radius 2 is 1.93 bits per heavy atom. The minimum Gasteiger partial charge on any atom is -0.493 e. The maximum absolute atomic E-state index is 13.3. The number of likely N-dealkylation sites (tertiary alicyclic amines) is 1. The third-order valence-electron chi connectivity index (χ3n) is 5.31. The second kappa shape index (κ2) is 9.30. The molecule has 0 aromatic heterocycles. The summed E-state index contributed by atoms with van der Waals surface area (Å²) >= 11 is 0. The summed E-state index contributed by atoms with van der Waals surface area (Å²) in [5, 5.41) is 0. The van der Waals surface area contributed by atoms with Gasteiger partial charge >= 0.3 is 0 Å². The number of hydrogen-bond acceptors (Lipinski definition) is 4. The lowest BCUT2D eigenvalue weighted by Gasteiger charge is -2.38. The van der Waals surface area contributed by atoms with Crippen molar-refractivity contribution in [2.75, 3.05) is 33.0 Å². The van der Waals surface area contributed by atoms with Crippen LogP contribution in [0.15, 0.2) is 55.1 Å². The highest BCUT2D eigenvalue weighted by Gasteiger charge is 2.30. The highest BCUT2D eigenvalue weighted by Crippen LogP contribution is 2.37. The molecule has 2 aromatic carbocycles. The number of hydrogen-bond donors (Lipinski definition) is 0. The number of nitrogens with zero attached hydrogens (tertiary/aromatic N) is 1. The van der Waals surface area contributed by atoms with Crippen LogP contribution in [-0.4, -0.2) is 37.9 Å². The van der Waals surface area contributed by atoms with E-state index in [1.54, 1.807) is 12.1 Å². The molecule has 0 amide bonds. The van der Waals surface area contributed by atoms with Crippen LogP contribution in [0, 0.1) is 11.7 Å². The Balaban J connectivity index is 0.00000225. The quantitative estimate of drug-likeness (QED) is 0.655. The molecule has 2 aliphatic rings. The van der Waals surface area contributed by atoms with Crippen LogP contribution in [-0.2, 0) is 0 Å². The smallest absolute Gasteiger partial charge is 0.231 e. The van der Waals surface area contributed by atoms with Crippen LogP contribution in [0.1, 0.15) is 17.9 Å². The van der Waals surface area contributed by atoms with Crippen molar-refractivity contribution in [3.05, 3.63) is 66.5 Å². The fraction of sp³-hybridized carbons (Fsp3) is 0.364. The zero-order valence-corrected chi connectivity index (χ0v) is 16.5. The van der Waals surface area contributed by atoms with E-state index < -0.39 is 0 Å². The van der Waals surface area contributed by atoms with E-state index in [0.29, 0.717) is 18.4 Å². The summed E-state index contributed by atoms with van der Waals surface area (Å²) in [5.41, 5.74) is 1.17. The fourth-order valence-corrected chi connectivity index (χ4v) is 3.94. The van der Waals surface area contributed by atoms with Crippen molar-refractivity contribution in [1.82, 2.24) is 4.90 Å². The maximum atomic E-state index is 13.3. The number of rotatable bonds is 6. The highest BCUT2D eigenvalue weighted by molar-refractivity contribution is 5.85. The van der Waals surface area contributed by atoms with E-state index in [0.717, 1.165) is 43.3 Å². The van der Waals surface area contributed by atoms with Crippen LogP contribution >= 0.6 is 12.4 Å². The first kappa shape index (κ1) is 20.5. The van der Waals surface area contributed by atoms with E-state index in [4.69, 9.17) is 14.2 Å². The van der Waals surface area contributed by atoms with Gasteiger partial charge in [0.2, 0.25) is 6.79 Å². The van der Waals surface area contributed by atoms with Crippen molar-refractivity contribution in [2.24, 2.45) is 5.92 Å². The average Bonchev–Trinajstić information content (AvgIpc) is 3.15. The van der Waals surface area contributed by atoms with E-state index in [-0.39, 0.29) is 25.0 Å². The van der Waals surface area contributed by atoms with Crippen molar-refractivity contribution in [3.8, 4) is 17.2 Å². The summed E-state index contributed by atoms with van der Waals surface area (Å²) in [5.74, 6) is 2.71. The SMILES string of the molecule is C=CCN1CC[C@@H](c2ccc(F)cc2)[C@H](COc2ccc3c(c2)OCO3)C1.Cl. The molecule has 0 saturated carbocycles. The Morgan fingerprint density at radius 1 is 1.14 bits per heavy atom. The average molecular weight is 406 g/mol. The molecule has 150 valence electrons. The lowest BCUT2D eigenvalue weighted by Crippen LogP contribution is -2.41. The molecule has 2 aromatic rings. The summed E-state index contributed by atoms with van der Waals surface area (Å²) in [6.45, 7) is 7.51. The second-order valence-electron chi connectivity index (χ2n) is 7.08. The van der Waals surface area contributed by atoms with E-state index in [1.165, 1.54) is 5.56 Å². The van der Waals surface area contributed by atoms with Gasteiger partial charge in [-0.25, -0.2) is 4.39 Å². The number of ether oxygens (including phenoxy) is 3. The van der Waals surface area contributed by atoms with Crippen LogP contribution in [0.3, 0.4) is 0 Å². The molecule has 4 rings (SSSR count). The Kier molecular flexibility index (Phi) is 6.81. The first-order chi connectivity index (χ1) is 13.2. The lowest BCUT2D eigenvalue weighted by atomic mass is 9.81. The van der Waals surface area contributed by atoms with Gasteiger partial charge in [0, 0.05) is 25.1 Å². The molecular weight excluding hydrogens is 381 g/mol. The van der Waals surface area contributed by atoms with Crippen LogP contribution in [0.2, 0.25) is 0 Å². The van der Waals surface area contributed by atoms with Crippen LogP contribution in [0.4, 0.5) is 4.39 Å². The lowest BCUT2D eigenvalue weighted by molar-refractivity contribution is 0.119. The molecule has 2 heterocycles. The predicted octanol–water partition coefficient (Wildman–Crippen LogP) is 4.65. The Bertz CT molecular complexity index is 799. The van der Waals surface area contributed by atoms with Crippen LogP contribution < -0.4 is 14.2 Å². The predicted molar refractivity (Wildman–Crippen MR) is 109 cm³/mol. The Hall–Kier alpha value is -2.24. The Morgan fingerprint density at radius 3 is 2.71 bits per heavy atom. The molecule has 0 aliphatic carbocycles. The fourth-order valence-electron chi connectivity index (χ4n) is 3.94. The van der Waals surface area contributed by atoms with Gasteiger partial charge in [-0.15, -0.1) is 19.0 Å². The van der Waals surface area contributed by atoms with Gasteiger partial charge < -0.3 is 14.2 Å². The van der Waals surface area contributed by atoms with Crippen LogP contribution in [0.25, 0.3) is 0 Å². The molecule has 0 spiro atoms. The molecule has 0 N–H and O–H groups in total. The van der Waals surface area contributed by atoms with Gasteiger partial charge in [0.05, 0.1) is 6.61 Å². The minimum absolute atomic E-state index is 0. The summed E-state index contributed by atoms with van der Waals surface area (Å²) in [7, 11) is 0. The maximum Gasteiger partial charge on any atom is 0.231 e. The van der Waals surface area contributed by atoms with Crippen molar-refractivity contribution in [1.29, 1.82) is 0 Å². The minimum atomic E-state index is -0.198. The molecule has 0 unspecified atom stereocenters. The molecule has 6 heteroatoms. The topological polar surface area (TPSA) is 30.9 Å².